The lowest BCUT2D eigenvalue weighted by Gasteiger charge is -2.25. The third-order valence-corrected chi connectivity index (χ3v) is 7.37. The van der Waals surface area contributed by atoms with Crippen molar-refractivity contribution in [3.05, 3.63) is 46.5 Å². The molecule has 2 aromatic rings. The maximum Gasteiger partial charge on any atom is 0.236 e. The van der Waals surface area contributed by atoms with E-state index in [9.17, 15) is 29.4 Å². The SMILES string of the molecule is NCCCC[C@@H](N)C(=O)NCCNc1ccc(NCCNC(=O)[C@@H](N)CCCCN)c2c1C(=O)c1c(O)ccc(O)c1C2=O. The molecule has 0 saturated heterocycles. The van der Waals surface area contributed by atoms with Crippen molar-refractivity contribution in [2.75, 3.05) is 49.9 Å². The van der Waals surface area contributed by atoms with Gasteiger partial charge in [0.15, 0.2) is 0 Å². The van der Waals surface area contributed by atoms with Gasteiger partial charge < -0.3 is 54.4 Å². The van der Waals surface area contributed by atoms with Crippen molar-refractivity contribution in [2.45, 2.75) is 50.6 Å². The fourth-order valence-corrected chi connectivity index (χ4v) is 4.97. The highest BCUT2D eigenvalue weighted by Gasteiger charge is 2.38. The van der Waals surface area contributed by atoms with Gasteiger partial charge in [-0.25, -0.2) is 0 Å². The van der Waals surface area contributed by atoms with Crippen LogP contribution in [-0.2, 0) is 9.59 Å². The molecule has 0 aromatic heterocycles. The van der Waals surface area contributed by atoms with Crippen LogP contribution in [0.2, 0.25) is 0 Å². The van der Waals surface area contributed by atoms with Gasteiger partial charge >= 0.3 is 0 Å². The summed E-state index contributed by atoms with van der Waals surface area (Å²) in [5, 5.41) is 32.6. The van der Waals surface area contributed by atoms with Gasteiger partial charge in [-0.1, -0.05) is 12.8 Å². The number of carbonyl (C=O) groups excluding carboxylic acids is 4. The first-order valence-corrected chi connectivity index (χ1v) is 14.9. The van der Waals surface area contributed by atoms with E-state index in [1.807, 2.05) is 0 Å². The number of nitrogens with one attached hydrogen (secondary N) is 4. The number of phenols is 2. The van der Waals surface area contributed by atoms with Crippen molar-refractivity contribution in [3.8, 4) is 11.5 Å². The maximum absolute atomic E-state index is 13.7. The molecule has 14 nitrogen and oxygen atoms in total. The monoisotopic (exact) mass is 612 g/mol. The minimum atomic E-state index is -0.664. The Morgan fingerprint density at radius 1 is 0.614 bits per heavy atom. The predicted molar refractivity (Wildman–Crippen MR) is 168 cm³/mol. The number of rotatable bonds is 18. The van der Waals surface area contributed by atoms with Crippen LogP contribution in [0.5, 0.6) is 11.5 Å². The second kappa shape index (κ2) is 16.6. The van der Waals surface area contributed by atoms with Crippen molar-refractivity contribution in [1.82, 2.24) is 10.6 Å². The summed E-state index contributed by atoms with van der Waals surface area (Å²) >= 11 is 0. The average molecular weight is 613 g/mol. The van der Waals surface area contributed by atoms with Gasteiger partial charge in [-0.15, -0.1) is 0 Å². The van der Waals surface area contributed by atoms with E-state index in [2.05, 4.69) is 21.3 Å². The average Bonchev–Trinajstić information content (AvgIpc) is 3.01. The Balaban J connectivity index is 1.75. The molecule has 44 heavy (non-hydrogen) atoms. The highest BCUT2D eigenvalue weighted by Crippen LogP contribution is 2.42. The third-order valence-electron chi connectivity index (χ3n) is 7.37. The van der Waals surface area contributed by atoms with Gasteiger partial charge in [0.2, 0.25) is 23.4 Å². The van der Waals surface area contributed by atoms with E-state index in [-0.39, 0.29) is 60.2 Å². The normalized spacial score (nSPS) is 13.5. The first kappa shape index (κ1) is 34.3. The minimum Gasteiger partial charge on any atom is -0.507 e. The summed E-state index contributed by atoms with van der Waals surface area (Å²) in [5.74, 6) is -2.81. The fraction of sp³-hybridized carbons (Fsp3) is 0.467. The highest BCUT2D eigenvalue weighted by molar-refractivity contribution is 6.33. The summed E-state index contributed by atoms with van der Waals surface area (Å²) in [6.45, 7) is 1.85. The molecule has 0 fully saturated rings. The highest BCUT2D eigenvalue weighted by atomic mass is 16.3. The molecule has 0 unspecified atom stereocenters. The Bertz CT molecular complexity index is 1250. The predicted octanol–water partition coefficient (Wildman–Crippen LogP) is -0.158. The molecule has 0 saturated carbocycles. The fourth-order valence-electron chi connectivity index (χ4n) is 4.97. The molecule has 0 bridgehead atoms. The number of ketones is 2. The molecule has 2 aromatic carbocycles. The summed E-state index contributed by atoms with van der Waals surface area (Å²) in [6, 6.07) is 4.17. The molecule has 0 radical (unpaired) electrons. The zero-order chi connectivity index (χ0) is 32.2. The number of nitrogens with two attached hydrogens (primary N) is 4. The van der Waals surface area contributed by atoms with Crippen LogP contribution in [0, 0.1) is 0 Å². The van der Waals surface area contributed by atoms with Gasteiger partial charge in [-0.05, 0) is 63.0 Å². The Hall–Kier alpha value is -4.24. The number of benzene rings is 2. The van der Waals surface area contributed by atoms with Gasteiger partial charge in [-0.2, -0.15) is 0 Å². The number of aromatic hydroxyl groups is 2. The van der Waals surface area contributed by atoms with Crippen LogP contribution in [0.4, 0.5) is 11.4 Å². The van der Waals surface area contributed by atoms with E-state index in [1.165, 1.54) is 0 Å². The molecule has 14 heteroatoms. The van der Waals surface area contributed by atoms with Crippen LogP contribution in [0.1, 0.15) is 70.4 Å². The third kappa shape index (κ3) is 8.44. The molecule has 1 aliphatic carbocycles. The van der Waals surface area contributed by atoms with Crippen molar-refractivity contribution in [3.63, 3.8) is 0 Å². The summed E-state index contributed by atoms with van der Waals surface area (Å²) in [6.07, 6.45) is 4.06. The number of hydrogen-bond acceptors (Lipinski definition) is 12. The molecular formula is C30H44N8O6. The van der Waals surface area contributed by atoms with E-state index < -0.39 is 35.1 Å². The Labute approximate surface area is 256 Å². The van der Waals surface area contributed by atoms with Crippen molar-refractivity contribution in [2.24, 2.45) is 22.9 Å². The zero-order valence-corrected chi connectivity index (χ0v) is 24.8. The summed E-state index contributed by atoms with van der Waals surface area (Å²) in [4.78, 5) is 52.0. The Morgan fingerprint density at radius 2 is 1.00 bits per heavy atom. The lowest BCUT2D eigenvalue weighted by Crippen LogP contribution is -2.42. The van der Waals surface area contributed by atoms with Crippen molar-refractivity contribution < 1.29 is 29.4 Å². The van der Waals surface area contributed by atoms with Crippen molar-refractivity contribution >= 4 is 34.8 Å². The number of unbranched alkanes of at least 4 members (excludes halogenated alkanes) is 2. The Kier molecular flexibility index (Phi) is 12.9. The maximum atomic E-state index is 13.7. The lowest BCUT2D eigenvalue weighted by atomic mass is 9.81. The summed E-state index contributed by atoms with van der Waals surface area (Å²) in [5.41, 5.74) is 22.8. The molecule has 0 spiro atoms. The Morgan fingerprint density at radius 3 is 1.36 bits per heavy atom. The van der Waals surface area contributed by atoms with Gasteiger partial charge in [0, 0.05) is 37.6 Å². The number of fused-ring (bicyclic) bond motifs is 2. The molecular weight excluding hydrogens is 568 g/mol. The number of amides is 2. The second-order valence-electron chi connectivity index (χ2n) is 10.6. The zero-order valence-electron chi connectivity index (χ0n) is 24.8. The first-order chi connectivity index (χ1) is 21.1. The van der Waals surface area contributed by atoms with E-state index in [4.69, 9.17) is 22.9 Å². The molecule has 3 rings (SSSR count). The largest absolute Gasteiger partial charge is 0.507 e. The number of phenolic OH excluding ortho intramolecular Hbond substituents is 2. The van der Waals surface area contributed by atoms with E-state index >= 15 is 0 Å². The molecule has 240 valence electrons. The van der Waals surface area contributed by atoms with Crippen LogP contribution < -0.4 is 44.2 Å². The number of anilines is 2. The topological polar surface area (TPSA) is 261 Å². The quantitative estimate of drug-likeness (QED) is 0.0664. The van der Waals surface area contributed by atoms with Crippen LogP contribution in [-0.4, -0.2) is 84.9 Å². The van der Waals surface area contributed by atoms with Gasteiger partial charge in [0.05, 0.1) is 34.3 Å². The smallest absolute Gasteiger partial charge is 0.236 e. The molecule has 2 atom stereocenters. The molecule has 0 aliphatic heterocycles. The standard InChI is InChI=1S/C30H44N8O6/c31-11-3-1-5-17(33)29(43)37-15-13-35-19-7-8-20(36-14-16-38-30(44)18(34)6-2-4-12-32)24-23(19)27(41)25-21(39)9-10-22(40)26(25)28(24)42/h7-10,17-18,35-36,39-40H,1-6,11-16,31-34H2,(H,37,43)(H,38,44)/t17-,18+. The van der Waals surface area contributed by atoms with Gasteiger partial charge in [-0.3, -0.25) is 19.2 Å². The van der Waals surface area contributed by atoms with Crippen LogP contribution >= 0.6 is 0 Å². The number of hydrogen-bond donors (Lipinski definition) is 10. The molecule has 2 amide bonds. The second-order valence-corrected chi connectivity index (χ2v) is 10.6. The lowest BCUT2D eigenvalue weighted by molar-refractivity contribution is -0.123. The van der Waals surface area contributed by atoms with E-state index in [0.29, 0.717) is 37.3 Å². The van der Waals surface area contributed by atoms with Gasteiger partial charge in [0.1, 0.15) is 11.5 Å². The van der Waals surface area contributed by atoms with Crippen LogP contribution in [0.3, 0.4) is 0 Å². The van der Waals surface area contributed by atoms with E-state index in [0.717, 1.165) is 37.8 Å². The minimum absolute atomic E-state index is 0.00386. The summed E-state index contributed by atoms with van der Waals surface area (Å²) in [7, 11) is 0. The van der Waals surface area contributed by atoms with Crippen molar-refractivity contribution in [1.29, 1.82) is 0 Å². The van der Waals surface area contributed by atoms with Crippen LogP contribution in [0.25, 0.3) is 0 Å². The first-order valence-electron chi connectivity index (χ1n) is 14.9. The van der Waals surface area contributed by atoms with Gasteiger partial charge in [0.25, 0.3) is 0 Å². The molecule has 14 N–H and O–H groups in total. The van der Waals surface area contributed by atoms with E-state index in [1.54, 1.807) is 12.1 Å². The molecule has 0 heterocycles. The summed E-state index contributed by atoms with van der Waals surface area (Å²) < 4.78 is 0. The van der Waals surface area contributed by atoms with Crippen LogP contribution in [0.15, 0.2) is 24.3 Å². The number of carbonyl (C=O) groups is 4. The molecule has 1 aliphatic rings.